The molecule has 2 aromatic rings. The fourth-order valence-corrected chi connectivity index (χ4v) is 3.62. The first kappa shape index (κ1) is 15.7. The Bertz CT molecular complexity index is 724. The molecular weight excluding hydrogens is 312 g/mol. The maximum absolute atomic E-state index is 12.3. The molecule has 5 nitrogen and oxygen atoms in total. The van der Waals surface area contributed by atoms with Crippen molar-refractivity contribution in [2.45, 2.75) is 32.2 Å². The molecule has 0 radical (unpaired) electrons. The van der Waals surface area contributed by atoms with Crippen LogP contribution in [0.25, 0.3) is 10.6 Å². The van der Waals surface area contributed by atoms with Gasteiger partial charge in [-0.25, -0.2) is 9.78 Å². The smallest absolute Gasteiger partial charge is 0.326 e. The highest BCUT2D eigenvalue weighted by Gasteiger charge is 2.33. The van der Waals surface area contributed by atoms with E-state index in [1.807, 2.05) is 36.6 Å². The molecule has 0 unspecified atom stereocenters. The van der Waals surface area contributed by atoms with Crippen LogP contribution in [0.1, 0.15) is 24.1 Å². The van der Waals surface area contributed by atoms with Gasteiger partial charge in [-0.05, 0) is 19.8 Å². The summed E-state index contributed by atoms with van der Waals surface area (Å²) in [6.07, 6.45) is 1.44. The van der Waals surface area contributed by atoms with Crippen molar-refractivity contribution in [3.63, 3.8) is 0 Å². The fourth-order valence-electron chi connectivity index (χ4n) is 2.80. The molecule has 1 aromatic carbocycles. The molecule has 1 N–H and O–H groups in total. The molecule has 0 spiro atoms. The number of carbonyl (C=O) groups excluding carboxylic acids is 1. The molecule has 0 aliphatic carbocycles. The van der Waals surface area contributed by atoms with Crippen molar-refractivity contribution in [2.24, 2.45) is 0 Å². The van der Waals surface area contributed by atoms with E-state index in [-0.39, 0.29) is 12.3 Å². The Hall–Kier alpha value is -2.21. The number of aromatic nitrogens is 1. The SMILES string of the molecule is Cc1ccc(-c2nc(CC(=O)N3CCC[C@H]3C(=O)O)cs2)cc1. The Kier molecular flexibility index (Phi) is 4.43. The molecule has 1 amide bonds. The highest BCUT2D eigenvalue weighted by atomic mass is 32.1. The number of benzene rings is 1. The lowest BCUT2D eigenvalue weighted by molar-refractivity contribution is -0.148. The van der Waals surface area contributed by atoms with E-state index in [1.54, 1.807) is 0 Å². The van der Waals surface area contributed by atoms with Gasteiger partial charge in [0.2, 0.25) is 5.91 Å². The summed E-state index contributed by atoms with van der Waals surface area (Å²) in [6.45, 7) is 2.55. The van der Waals surface area contributed by atoms with Gasteiger partial charge in [0.25, 0.3) is 0 Å². The highest BCUT2D eigenvalue weighted by molar-refractivity contribution is 7.13. The van der Waals surface area contributed by atoms with E-state index in [0.717, 1.165) is 17.0 Å². The Morgan fingerprint density at radius 1 is 1.35 bits per heavy atom. The van der Waals surface area contributed by atoms with Crippen molar-refractivity contribution < 1.29 is 14.7 Å². The van der Waals surface area contributed by atoms with Crippen molar-refractivity contribution in [3.05, 3.63) is 40.9 Å². The van der Waals surface area contributed by atoms with E-state index in [0.29, 0.717) is 18.7 Å². The van der Waals surface area contributed by atoms with E-state index >= 15 is 0 Å². The normalized spacial score (nSPS) is 17.4. The van der Waals surface area contributed by atoms with Crippen molar-refractivity contribution >= 4 is 23.2 Å². The van der Waals surface area contributed by atoms with Crippen LogP contribution in [0.3, 0.4) is 0 Å². The van der Waals surface area contributed by atoms with E-state index in [4.69, 9.17) is 5.11 Å². The van der Waals surface area contributed by atoms with Gasteiger partial charge in [0.1, 0.15) is 11.0 Å². The third-order valence-corrected chi connectivity index (χ3v) is 4.98. The molecule has 1 atom stereocenters. The summed E-state index contributed by atoms with van der Waals surface area (Å²) in [5, 5.41) is 11.9. The monoisotopic (exact) mass is 330 g/mol. The maximum Gasteiger partial charge on any atom is 0.326 e. The van der Waals surface area contributed by atoms with Gasteiger partial charge in [0.05, 0.1) is 12.1 Å². The first-order valence-corrected chi connectivity index (χ1v) is 8.46. The van der Waals surface area contributed by atoms with Crippen molar-refractivity contribution in [1.82, 2.24) is 9.88 Å². The number of aliphatic carboxylic acids is 1. The van der Waals surface area contributed by atoms with Gasteiger partial charge in [0.15, 0.2) is 0 Å². The van der Waals surface area contributed by atoms with Gasteiger partial charge >= 0.3 is 5.97 Å². The van der Waals surface area contributed by atoms with Crippen LogP contribution < -0.4 is 0 Å². The second-order valence-electron chi connectivity index (χ2n) is 5.77. The van der Waals surface area contributed by atoms with Crippen LogP contribution >= 0.6 is 11.3 Å². The molecule has 0 bridgehead atoms. The zero-order valence-corrected chi connectivity index (χ0v) is 13.7. The minimum Gasteiger partial charge on any atom is -0.480 e. The number of amides is 1. The average Bonchev–Trinajstić information content (AvgIpc) is 3.16. The van der Waals surface area contributed by atoms with Gasteiger partial charge in [0, 0.05) is 17.5 Å². The van der Waals surface area contributed by atoms with Gasteiger partial charge in [-0.1, -0.05) is 29.8 Å². The van der Waals surface area contributed by atoms with Crippen molar-refractivity contribution in [3.8, 4) is 10.6 Å². The third kappa shape index (κ3) is 3.42. The largest absolute Gasteiger partial charge is 0.480 e. The van der Waals surface area contributed by atoms with Gasteiger partial charge in [-0.3, -0.25) is 4.79 Å². The predicted octanol–water partition coefficient (Wildman–Crippen LogP) is 2.74. The molecule has 1 fully saturated rings. The number of carbonyl (C=O) groups is 2. The second-order valence-corrected chi connectivity index (χ2v) is 6.63. The Morgan fingerprint density at radius 3 is 2.78 bits per heavy atom. The van der Waals surface area contributed by atoms with Gasteiger partial charge in [-0.15, -0.1) is 11.3 Å². The molecule has 1 aliphatic rings. The number of carboxylic acid groups (broad SMARTS) is 1. The average molecular weight is 330 g/mol. The molecule has 0 saturated carbocycles. The third-order valence-electron chi connectivity index (χ3n) is 4.04. The Morgan fingerprint density at radius 2 is 2.09 bits per heavy atom. The maximum atomic E-state index is 12.3. The summed E-state index contributed by atoms with van der Waals surface area (Å²) in [6, 6.07) is 7.41. The molecule has 2 heterocycles. The lowest BCUT2D eigenvalue weighted by atomic mass is 10.2. The number of thiazole rings is 1. The van der Waals surface area contributed by atoms with Gasteiger partial charge < -0.3 is 10.0 Å². The topological polar surface area (TPSA) is 70.5 Å². The molecule has 1 saturated heterocycles. The molecule has 1 aliphatic heterocycles. The summed E-state index contributed by atoms with van der Waals surface area (Å²) < 4.78 is 0. The van der Waals surface area contributed by atoms with Crippen molar-refractivity contribution in [2.75, 3.05) is 6.54 Å². The minimum atomic E-state index is -0.922. The number of carboxylic acids is 1. The first-order chi connectivity index (χ1) is 11.0. The fraction of sp³-hybridized carbons (Fsp3) is 0.353. The summed E-state index contributed by atoms with van der Waals surface area (Å²) in [4.78, 5) is 29.5. The van der Waals surface area contributed by atoms with Crippen LogP contribution in [-0.2, 0) is 16.0 Å². The number of rotatable bonds is 4. The van der Waals surface area contributed by atoms with Crippen molar-refractivity contribution in [1.29, 1.82) is 0 Å². The standard InChI is InChI=1S/C17H18N2O3S/c1-11-4-6-12(7-5-11)16-18-13(10-23-16)9-15(20)19-8-2-3-14(19)17(21)22/h4-7,10,14H,2-3,8-9H2,1H3,(H,21,22)/t14-/m0/s1. The number of aryl methyl sites for hydroxylation is 1. The highest BCUT2D eigenvalue weighted by Crippen LogP contribution is 2.25. The summed E-state index contributed by atoms with van der Waals surface area (Å²) in [5.74, 6) is -1.08. The van der Waals surface area contributed by atoms with Crippen LogP contribution in [0.15, 0.2) is 29.6 Å². The van der Waals surface area contributed by atoms with Crippen LogP contribution in [-0.4, -0.2) is 39.5 Å². The zero-order valence-electron chi connectivity index (χ0n) is 12.9. The molecular formula is C17H18N2O3S. The van der Waals surface area contributed by atoms with Crippen LogP contribution in [0, 0.1) is 6.92 Å². The van der Waals surface area contributed by atoms with Crippen LogP contribution in [0.5, 0.6) is 0 Å². The molecule has 120 valence electrons. The van der Waals surface area contributed by atoms with E-state index in [2.05, 4.69) is 4.98 Å². The van der Waals surface area contributed by atoms with Gasteiger partial charge in [-0.2, -0.15) is 0 Å². The van der Waals surface area contributed by atoms with E-state index in [1.165, 1.54) is 21.8 Å². The quantitative estimate of drug-likeness (QED) is 0.936. The summed E-state index contributed by atoms with van der Waals surface area (Å²) in [5.41, 5.74) is 2.92. The predicted molar refractivity (Wildman–Crippen MR) is 88.4 cm³/mol. The number of nitrogens with zero attached hydrogens (tertiary/aromatic N) is 2. The lowest BCUT2D eigenvalue weighted by Gasteiger charge is -2.20. The molecule has 23 heavy (non-hydrogen) atoms. The Balaban J connectivity index is 1.70. The summed E-state index contributed by atoms with van der Waals surface area (Å²) in [7, 11) is 0. The minimum absolute atomic E-state index is 0.157. The number of hydrogen-bond donors (Lipinski definition) is 1. The Labute approximate surface area is 138 Å². The molecule has 3 rings (SSSR count). The number of likely N-dealkylation sites (tertiary alicyclic amines) is 1. The van der Waals surface area contributed by atoms with Crippen LogP contribution in [0.4, 0.5) is 0 Å². The molecule has 6 heteroatoms. The number of hydrogen-bond acceptors (Lipinski definition) is 4. The summed E-state index contributed by atoms with van der Waals surface area (Å²) >= 11 is 1.50. The van der Waals surface area contributed by atoms with Crippen LogP contribution in [0.2, 0.25) is 0 Å². The second kappa shape index (κ2) is 6.50. The van der Waals surface area contributed by atoms with E-state index < -0.39 is 12.0 Å². The molecule has 1 aromatic heterocycles. The zero-order chi connectivity index (χ0) is 16.4. The van der Waals surface area contributed by atoms with E-state index in [9.17, 15) is 9.59 Å². The first-order valence-electron chi connectivity index (χ1n) is 7.58. The lowest BCUT2D eigenvalue weighted by Crippen LogP contribution is -2.41.